The minimum absolute atomic E-state index is 0.00872. The second-order valence-corrected chi connectivity index (χ2v) is 7.29. The third kappa shape index (κ3) is 3.35. The van der Waals surface area contributed by atoms with E-state index in [0.29, 0.717) is 25.4 Å². The molecule has 27 heavy (non-hydrogen) atoms. The number of methoxy groups -OCH3 is 1. The highest BCUT2D eigenvalue weighted by Gasteiger charge is 2.20. The molecule has 0 radical (unpaired) electrons. The number of carbonyl (C=O) groups excluding carboxylic acids is 1. The normalized spacial score (nSPS) is 15.2. The first-order chi connectivity index (χ1) is 13.2. The van der Waals surface area contributed by atoms with E-state index in [0.717, 1.165) is 30.7 Å². The number of hydrogen-bond acceptors (Lipinski definition) is 3. The van der Waals surface area contributed by atoms with Crippen molar-refractivity contribution in [1.82, 2.24) is 19.4 Å². The molecule has 6 nitrogen and oxygen atoms in total. The summed E-state index contributed by atoms with van der Waals surface area (Å²) in [5.41, 5.74) is 4.07. The van der Waals surface area contributed by atoms with Gasteiger partial charge in [-0.3, -0.25) is 4.79 Å². The van der Waals surface area contributed by atoms with Crippen molar-refractivity contribution in [2.24, 2.45) is 7.05 Å². The summed E-state index contributed by atoms with van der Waals surface area (Å²) in [6.07, 6.45) is 2.54. The number of aryl methyl sites for hydroxylation is 1. The largest absolute Gasteiger partial charge is 0.383 e. The predicted octanol–water partition coefficient (Wildman–Crippen LogP) is 2.61. The molecule has 1 N–H and O–H groups in total. The van der Waals surface area contributed by atoms with Gasteiger partial charge >= 0.3 is 0 Å². The SMILES string of the molecule is COCCn1c(C(=O)NCCN2CCCC2)cc2c1c1ccccc1n2C. The van der Waals surface area contributed by atoms with E-state index in [1.807, 2.05) is 18.2 Å². The van der Waals surface area contributed by atoms with Crippen molar-refractivity contribution in [3.8, 4) is 0 Å². The monoisotopic (exact) mass is 368 g/mol. The van der Waals surface area contributed by atoms with Gasteiger partial charge in [-0.05, 0) is 38.1 Å². The number of rotatable bonds is 7. The maximum atomic E-state index is 12.9. The molecule has 2 aromatic heterocycles. The number of para-hydroxylation sites is 1. The predicted molar refractivity (Wildman–Crippen MR) is 108 cm³/mol. The number of benzene rings is 1. The molecule has 3 aromatic rings. The summed E-state index contributed by atoms with van der Waals surface area (Å²) >= 11 is 0. The van der Waals surface area contributed by atoms with Crippen molar-refractivity contribution in [3.05, 3.63) is 36.0 Å². The molecule has 0 atom stereocenters. The van der Waals surface area contributed by atoms with Crippen LogP contribution >= 0.6 is 0 Å². The van der Waals surface area contributed by atoms with Crippen molar-refractivity contribution < 1.29 is 9.53 Å². The molecule has 3 heterocycles. The lowest BCUT2D eigenvalue weighted by Gasteiger charge is -2.15. The zero-order valence-corrected chi connectivity index (χ0v) is 16.2. The number of likely N-dealkylation sites (tertiary alicyclic amines) is 1. The first kappa shape index (κ1) is 18.1. The Kier molecular flexibility index (Phi) is 5.18. The molecule has 144 valence electrons. The summed E-state index contributed by atoms with van der Waals surface area (Å²) in [6.45, 7) is 5.13. The summed E-state index contributed by atoms with van der Waals surface area (Å²) in [4.78, 5) is 15.3. The molecule has 1 aliphatic heterocycles. The van der Waals surface area contributed by atoms with Gasteiger partial charge < -0.3 is 24.1 Å². The highest BCUT2D eigenvalue weighted by Crippen LogP contribution is 2.31. The van der Waals surface area contributed by atoms with Crippen LogP contribution in [0.1, 0.15) is 23.3 Å². The Bertz CT molecular complexity index is 950. The van der Waals surface area contributed by atoms with Crippen molar-refractivity contribution in [2.45, 2.75) is 19.4 Å². The lowest BCUT2D eigenvalue weighted by atomic mass is 10.2. The van der Waals surface area contributed by atoms with E-state index in [1.54, 1.807) is 7.11 Å². The smallest absolute Gasteiger partial charge is 0.268 e. The van der Waals surface area contributed by atoms with E-state index in [2.05, 4.69) is 38.5 Å². The summed E-state index contributed by atoms with van der Waals surface area (Å²) in [5, 5.41) is 4.28. The molecular formula is C21H28N4O2. The lowest BCUT2D eigenvalue weighted by Crippen LogP contribution is -2.34. The Morgan fingerprint density at radius 2 is 1.93 bits per heavy atom. The van der Waals surface area contributed by atoms with Gasteiger partial charge in [0.2, 0.25) is 0 Å². The zero-order valence-electron chi connectivity index (χ0n) is 16.2. The molecule has 1 amide bonds. The Morgan fingerprint density at radius 1 is 1.15 bits per heavy atom. The molecule has 0 unspecified atom stereocenters. The number of nitrogens with zero attached hydrogens (tertiary/aromatic N) is 3. The fourth-order valence-corrected chi connectivity index (χ4v) is 4.20. The van der Waals surface area contributed by atoms with E-state index >= 15 is 0 Å². The first-order valence-corrected chi connectivity index (χ1v) is 9.77. The van der Waals surface area contributed by atoms with Crippen LogP contribution in [0.3, 0.4) is 0 Å². The van der Waals surface area contributed by atoms with Gasteiger partial charge in [-0.2, -0.15) is 0 Å². The van der Waals surface area contributed by atoms with E-state index in [1.165, 1.54) is 23.7 Å². The molecule has 1 aromatic carbocycles. The van der Waals surface area contributed by atoms with Crippen LogP contribution in [0.4, 0.5) is 0 Å². The van der Waals surface area contributed by atoms with Gasteiger partial charge in [0, 0.05) is 39.2 Å². The quantitative estimate of drug-likeness (QED) is 0.697. The van der Waals surface area contributed by atoms with Crippen LogP contribution in [0.25, 0.3) is 21.9 Å². The van der Waals surface area contributed by atoms with Crippen LogP contribution in [-0.2, 0) is 18.3 Å². The van der Waals surface area contributed by atoms with E-state index in [4.69, 9.17) is 4.74 Å². The third-order valence-electron chi connectivity index (χ3n) is 5.62. The van der Waals surface area contributed by atoms with Gasteiger partial charge in [0.1, 0.15) is 5.69 Å². The van der Waals surface area contributed by atoms with Gasteiger partial charge in [-0.15, -0.1) is 0 Å². The van der Waals surface area contributed by atoms with Crippen LogP contribution < -0.4 is 5.32 Å². The van der Waals surface area contributed by atoms with Crippen LogP contribution in [0.15, 0.2) is 30.3 Å². The molecule has 4 rings (SSSR count). The average molecular weight is 368 g/mol. The number of amides is 1. The van der Waals surface area contributed by atoms with Crippen LogP contribution in [0, 0.1) is 0 Å². The number of ether oxygens (including phenoxy) is 1. The van der Waals surface area contributed by atoms with Gasteiger partial charge in [0.15, 0.2) is 0 Å². The molecule has 0 saturated carbocycles. The Labute approximate surface area is 159 Å². The number of nitrogens with one attached hydrogen (secondary N) is 1. The van der Waals surface area contributed by atoms with Crippen LogP contribution in [0.2, 0.25) is 0 Å². The average Bonchev–Trinajstić information content (AvgIpc) is 3.38. The van der Waals surface area contributed by atoms with Gasteiger partial charge in [-0.1, -0.05) is 18.2 Å². The van der Waals surface area contributed by atoms with E-state index < -0.39 is 0 Å². The third-order valence-corrected chi connectivity index (χ3v) is 5.62. The number of fused-ring (bicyclic) bond motifs is 3. The van der Waals surface area contributed by atoms with Crippen molar-refractivity contribution in [1.29, 1.82) is 0 Å². The van der Waals surface area contributed by atoms with E-state index in [9.17, 15) is 4.79 Å². The second-order valence-electron chi connectivity index (χ2n) is 7.29. The molecule has 0 bridgehead atoms. The van der Waals surface area contributed by atoms with Crippen molar-refractivity contribution >= 4 is 27.8 Å². The molecule has 0 spiro atoms. The maximum absolute atomic E-state index is 12.9. The highest BCUT2D eigenvalue weighted by molar-refractivity contribution is 6.10. The second kappa shape index (κ2) is 7.74. The highest BCUT2D eigenvalue weighted by atomic mass is 16.5. The Morgan fingerprint density at radius 3 is 2.70 bits per heavy atom. The molecule has 1 saturated heterocycles. The molecule has 1 fully saturated rings. The molecule has 1 aliphatic rings. The minimum Gasteiger partial charge on any atom is -0.383 e. The number of carbonyl (C=O) groups is 1. The molecular weight excluding hydrogens is 340 g/mol. The summed E-state index contributed by atoms with van der Waals surface area (Å²) in [7, 11) is 3.75. The van der Waals surface area contributed by atoms with Crippen LogP contribution in [0.5, 0.6) is 0 Å². The lowest BCUT2D eigenvalue weighted by molar-refractivity contribution is 0.0938. The molecule has 0 aliphatic carbocycles. The number of aromatic nitrogens is 2. The summed E-state index contributed by atoms with van der Waals surface area (Å²) in [6, 6.07) is 10.3. The fourth-order valence-electron chi connectivity index (χ4n) is 4.20. The van der Waals surface area contributed by atoms with Gasteiger partial charge in [0.25, 0.3) is 5.91 Å². The minimum atomic E-state index is -0.00872. The summed E-state index contributed by atoms with van der Waals surface area (Å²) in [5.74, 6) is -0.00872. The van der Waals surface area contributed by atoms with E-state index in [-0.39, 0.29) is 5.91 Å². The van der Waals surface area contributed by atoms with Crippen LogP contribution in [-0.4, -0.2) is 59.8 Å². The Balaban J connectivity index is 1.64. The van der Waals surface area contributed by atoms with Gasteiger partial charge in [0.05, 0.1) is 23.2 Å². The topological polar surface area (TPSA) is 51.4 Å². The van der Waals surface area contributed by atoms with Crippen molar-refractivity contribution in [3.63, 3.8) is 0 Å². The first-order valence-electron chi connectivity index (χ1n) is 9.77. The fraction of sp³-hybridized carbons (Fsp3) is 0.476. The number of hydrogen-bond donors (Lipinski definition) is 1. The Hall–Kier alpha value is -2.31. The van der Waals surface area contributed by atoms with Gasteiger partial charge in [-0.25, -0.2) is 0 Å². The molecule has 6 heteroatoms. The maximum Gasteiger partial charge on any atom is 0.268 e. The van der Waals surface area contributed by atoms with Crippen molar-refractivity contribution in [2.75, 3.05) is 39.9 Å². The summed E-state index contributed by atoms with van der Waals surface area (Å²) < 4.78 is 9.57. The zero-order chi connectivity index (χ0) is 18.8. The standard InChI is InChI=1S/C21H28N4O2/c1-23-17-8-4-3-7-16(17)20-18(23)15-19(25(20)13-14-27-2)21(26)22-9-12-24-10-5-6-11-24/h3-4,7-8,15H,5-6,9-14H2,1-2H3,(H,22,26).